The Bertz CT molecular complexity index is 665. The van der Waals surface area contributed by atoms with Crippen molar-refractivity contribution in [2.24, 2.45) is 0 Å². The summed E-state index contributed by atoms with van der Waals surface area (Å²) in [6.45, 7) is 2.24. The number of hydroxylamine groups is 2. The molecule has 35 heavy (non-hydrogen) atoms. The number of carbonyl (C=O) groups excluding carboxylic acids is 5. The Balaban J connectivity index is 2.14. The Kier molecular flexibility index (Phi) is 16.4. The Morgan fingerprint density at radius 2 is 1.29 bits per heavy atom. The molecule has 0 aromatic heterocycles. The van der Waals surface area contributed by atoms with Gasteiger partial charge in [-0.25, -0.2) is 9.59 Å². The first-order valence-electron chi connectivity index (χ1n) is 13.3. The lowest BCUT2D eigenvalue weighted by Crippen LogP contribution is -2.42. The van der Waals surface area contributed by atoms with Crippen LogP contribution in [0.5, 0.6) is 0 Å². The SMILES string of the molecule is CCCCCCCCCCCCCCCC(=O)N[C@@H](CCC(=O)ON1C(=O)CCC1=O)C(=O)OC. The summed E-state index contributed by atoms with van der Waals surface area (Å²) >= 11 is 0. The second-order valence-corrected chi connectivity index (χ2v) is 9.22. The second kappa shape index (κ2) is 18.8. The molecule has 0 unspecified atom stereocenters. The molecule has 3 amide bonds. The molecule has 1 rings (SSSR count). The molecule has 0 saturated carbocycles. The van der Waals surface area contributed by atoms with Crippen molar-refractivity contribution in [1.82, 2.24) is 10.4 Å². The van der Waals surface area contributed by atoms with E-state index in [2.05, 4.69) is 12.2 Å². The van der Waals surface area contributed by atoms with Gasteiger partial charge < -0.3 is 14.9 Å². The third-order valence-electron chi connectivity index (χ3n) is 6.16. The van der Waals surface area contributed by atoms with Crippen LogP contribution in [0.25, 0.3) is 0 Å². The summed E-state index contributed by atoms with van der Waals surface area (Å²) in [4.78, 5) is 64.0. The predicted octanol–water partition coefficient (Wildman–Crippen LogP) is 4.51. The Morgan fingerprint density at radius 3 is 1.77 bits per heavy atom. The van der Waals surface area contributed by atoms with Crippen LogP contribution in [0.1, 0.15) is 122 Å². The van der Waals surface area contributed by atoms with Gasteiger partial charge in [0.25, 0.3) is 11.8 Å². The number of ether oxygens (including phenoxy) is 1. The van der Waals surface area contributed by atoms with Gasteiger partial charge in [-0.2, -0.15) is 0 Å². The summed E-state index contributed by atoms with van der Waals surface area (Å²) < 4.78 is 4.71. The van der Waals surface area contributed by atoms with Gasteiger partial charge in [-0.15, -0.1) is 5.06 Å². The largest absolute Gasteiger partial charge is 0.467 e. The first-order chi connectivity index (χ1) is 16.9. The van der Waals surface area contributed by atoms with E-state index >= 15 is 0 Å². The highest BCUT2D eigenvalue weighted by molar-refractivity contribution is 6.01. The zero-order chi connectivity index (χ0) is 25.9. The summed E-state index contributed by atoms with van der Waals surface area (Å²) in [5, 5.41) is 3.07. The fraction of sp³-hybridized carbons (Fsp3) is 0.808. The summed E-state index contributed by atoms with van der Waals surface area (Å²) in [5.41, 5.74) is 0. The van der Waals surface area contributed by atoms with Gasteiger partial charge in [-0.3, -0.25) is 14.4 Å². The Morgan fingerprint density at radius 1 is 0.800 bits per heavy atom. The number of amides is 3. The average molecular weight is 497 g/mol. The quantitative estimate of drug-likeness (QED) is 0.150. The number of methoxy groups -OCH3 is 1. The predicted molar refractivity (Wildman–Crippen MR) is 131 cm³/mol. The molecule has 0 bridgehead atoms. The van der Waals surface area contributed by atoms with E-state index in [0.29, 0.717) is 11.5 Å². The lowest BCUT2D eigenvalue weighted by atomic mass is 10.0. The summed E-state index contributed by atoms with van der Waals surface area (Å²) in [6.07, 6.45) is 15.8. The van der Waals surface area contributed by atoms with E-state index in [1.165, 1.54) is 71.3 Å². The smallest absolute Gasteiger partial charge is 0.333 e. The normalized spacial score (nSPS) is 14.2. The van der Waals surface area contributed by atoms with Crippen LogP contribution in [-0.4, -0.2) is 47.9 Å². The topological polar surface area (TPSA) is 119 Å². The number of esters is 1. The molecular formula is C26H44N2O7. The number of nitrogens with zero attached hydrogens (tertiary/aromatic N) is 1. The molecule has 200 valence electrons. The molecule has 1 fully saturated rings. The number of hydrogen-bond acceptors (Lipinski definition) is 7. The van der Waals surface area contributed by atoms with Crippen LogP contribution in [0.3, 0.4) is 0 Å². The van der Waals surface area contributed by atoms with Gasteiger partial charge in [0.2, 0.25) is 5.91 Å². The molecule has 0 aromatic carbocycles. The highest BCUT2D eigenvalue weighted by Crippen LogP contribution is 2.15. The third kappa shape index (κ3) is 13.9. The van der Waals surface area contributed by atoms with Crippen molar-refractivity contribution in [3.63, 3.8) is 0 Å². The van der Waals surface area contributed by atoms with Crippen LogP contribution in [0.15, 0.2) is 0 Å². The van der Waals surface area contributed by atoms with Crippen LogP contribution in [0.4, 0.5) is 0 Å². The standard InChI is InChI=1S/C26H44N2O7/c1-3-4-5-6-7-8-9-10-11-12-13-14-15-16-22(29)27-21(26(33)34-2)17-20-25(32)35-28-23(30)18-19-24(28)31/h21H,3-20H2,1-2H3,(H,27,29)/t21-/m0/s1. The monoisotopic (exact) mass is 496 g/mol. The van der Waals surface area contributed by atoms with Crippen LogP contribution >= 0.6 is 0 Å². The highest BCUT2D eigenvalue weighted by atomic mass is 16.7. The fourth-order valence-corrected chi connectivity index (χ4v) is 4.03. The van der Waals surface area contributed by atoms with Crippen LogP contribution in [0.2, 0.25) is 0 Å². The molecule has 1 N–H and O–H groups in total. The molecule has 1 aliphatic heterocycles. The minimum Gasteiger partial charge on any atom is -0.467 e. The van der Waals surface area contributed by atoms with Crippen molar-refractivity contribution in [2.45, 2.75) is 129 Å². The Labute approximate surface area is 209 Å². The second-order valence-electron chi connectivity index (χ2n) is 9.22. The number of carbonyl (C=O) groups is 5. The molecular weight excluding hydrogens is 452 g/mol. The van der Waals surface area contributed by atoms with E-state index in [4.69, 9.17) is 9.57 Å². The maximum Gasteiger partial charge on any atom is 0.333 e. The van der Waals surface area contributed by atoms with Gasteiger partial charge in [0.05, 0.1) is 13.5 Å². The number of rotatable bonds is 20. The van der Waals surface area contributed by atoms with E-state index in [9.17, 15) is 24.0 Å². The maximum atomic E-state index is 12.3. The van der Waals surface area contributed by atoms with Crippen LogP contribution in [0, 0.1) is 0 Å². The number of unbranched alkanes of at least 4 members (excludes halogenated alkanes) is 12. The molecule has 0 spiro atoms. The first kappa shape index (κ1) is 30.6. The van der Waals surface area contributed by atoms with E-state index in [-0.39, 0.29) is 31.6 Å². The third-order valence-corrected chi connectivity index (χ3v) is 6.16. The minimum absolute atomic E-state index is 0.00610. The fourth-order valence-electron chi connectivity index (χ4n) is 4.03. The van der Waals surface area contributed by atoms with Gasteiger partial charge in [0.1, 0.15) is 6.04 Å². The Hall–Kier alpha value is -2.45. The van der Waals surface area contributed by atoms with Gasteiger partial charge >= 0.3 is 11.9 Å². The van der Waals surface area contributed by atoms with Crippen molar-refractivity contribution in [1.29, 1.82) is 0 Å². The molecule has 0 radical (unpaired) electrons. The molecule has 1 saturated heterocycles. The number of imide groups is 1. The van der Waals surface area contributed by atoms with E-state index in [1.54, 1.807) is 0 Å². The maximum absolute atomic E-state index is 12.3. The highest BCUT2D eigenvalue weighted by Gasteiger charge is 2.33. The van der Waals surface area contributed by atoms with Gasteiger partial charge in [-0.05, 0) is 12.8 Å². The molecule has 1 heterocycles. The van der Waals surface area contributed by atoms with Crippen LogP contribution < -0.4 is 5.32 Å². The number of nitrogens with one attached hydrogen (secondary N) is 1. The lowest BCUT2D eigenvalue weighted by molar-refractivity contribution is -0.197. The molecule has 1 atom stereocenters. The van der Waals surface area contributed by atoms with Crippen molar-refractivity contribution >= 4 is 29.7 Å². The molecule has 0 aliphatic carbocycles. The average Bonchev–Trinajstić information content (AvgIpc) is 3.16. The van der Waals surface area contributed by atoms with Crippen molar-refractivity contribution in [2.75, 3.05) is 7.11 Å². The molecule has 0 aromatic rings. The van der Waals surface area contributed by atoms with Crippen molar-refractivity contribution < 1.29 is 33.5 Å². The van der Waals surface area contributed by atoms with E-state index in [1.807, 2.05) is 0 Å². The minimum atomic E-state index is -0.994. The van der Waals surface area contributed by atoms with Gasteiger partial charge in [0, 0.05) is 19.3 Å². The summed E-state index contributed by atoms with van der Waals surface area (Å²) in [5.74, 6) is -2.90. The van der Waals surface area contributed by atoms with Crippen molar-refractivity contribution in [3.8, 4) is 0 Å². The summed E-state index contributed by atoms with van der Waals surface area (Å²) in [7, 11) is 1.20. The summed E-state index contributed by atoms with van der Waals surface area (Å²) in [6, 6.07) is -0.994. The molecule has 1 aliphatic rings. The zero-order valence-electron chi connectivity index (χ0n) is 21.6. The van der Waals surface area contributed by atoms with Gasteiger partial charge in [0.15, 0.2) is 0 Å². The van der Waals surface area contributed by atoms with E-state index in [0.717, 1.165) is 19.3 Å². The van der Waals surface area contributed by atoms with Crippen molar-refractivity contribution in [3.05, 3.63) is 0 Å². The van der Waals surface area contributed by atoms with Crippen LogP contribution in [-0.2, 0) is 33.5 Å². The lowest BCUT2D eigenvalue weighted by Gasteiger charge is -2.17. The van der Waals surface area contributed by atoms with Gasteiger partial charge in [-0.1, -0.05) is 84.0 Å². The van der Waals surface area contributed by atoms with E-state index < -0.39 is 29.8 Å². The zero-order valence-corrected chi connectivity index (χ0v) is 21.6. The number of hydrogen-bond donors (Lipinski definition) is 1. The molecule has 9 heteroatoms. The first-order valence-corrected chi connectivity index (χ1v) is 13.3. The molecule has 9 nitrogen and oxygen atoms in total.